The van der Waals surface area contributed by atoms with Crippen LogP contribution in [0.25, 0.3) is 0 Å². The molecule has 0 aromatic carbocycles. The zero-order valence-corrected chi connectivity index (χ0v) is 10.1. The maximum absolute atomic E-state index is 11.8. The van der Waals surface area contributed by atoms with Crippen LogP contribution in [0.2, 0.25) is 0 Å². The van der Waals surface area contributed by atoms with Crippen LogP contribution in [0.5, 0.6) is 0 Å². The molecular formula is C11H16N2O2S. The Labute approximate surface area is 98.7 Å². The molecule has 1 aliphatic rings. The SMILES string of the molecule is Cc1ncsc1C(=O)NCC1(O)CCCC1. The molecule has 0 unspecified atom stereocenters. The predicted molar refractivity (Wildman–Crippen MR) is 62.6 cm³/mol. The molecule has 0 saturated heterocycles. The highest BCUT2D eigenvalue weighted by Gasteiger charge is 2.31. The third-order valence-electron chi connectivity index (χ3n) is 3.06. The van der Waals surface area contributed by atoms with Gasteiger partial charge in [0.15, 0.2) is 0 Å². The quantitative estimate of drug-likeness (QED) is 0.841. The van der Waals surface area contributed by atoms with Crippen molar-refractivity contribution in [1.29, 1.82) is 0 Å². The van der Waals surface area contributed by atoms with E-state index in [0.29, 0.717) is 11.4 Å². The monoisotopic (exact) mass is 240 g/mol. The van der Waals surface area contributed by atoms with Crippen LogP contribution in [-0.2, 0) is 0 Å². The van der Waals surface area contributed by atoms with Crippen LogP contribution in [0, 0.1) is 6.92 Å². The number of aryl methyl sites for hydroxylation is 1. The molecule has 0 spiro atoms. The lowest BCUT2D eigenvalue weighted by atomic mass is 10.0. The molecule has 5 heteroatoms. The number of carbonyl (C=O) groups is 1. The molecule has 1 saturated carbocycles. The van der Waals surface area contributed by atoms with E-state index >= 15 is 0 Å². The van der Waals surface area contributed by atoms with Crippen molar-refractivity contribution < 1.29 is 9.90 Å². The number of amides is 1. The molecule has 0 bridgehead atoms. The number of hydrogen-bond donors (Lipinski definition) is 2. The van der Waals surface area contributed by atoms with Gasteiger partial charge in [0.1, 0.15) is 4.88 Å². The third-order valence-corrected chi connectivity index (χ3v) is 3.99. The molecule has 88 valence electrons. The molecule has 0 atom stereocenters. The van der Waals surface area contributed by atoms with Crippen LogP contribution in [-0.4, -0.2) is 28.1 Å². The second-order valence-electron chi connectivity index (χ2n) is 4.38. The number of carbonyl (C=O) groups excluding carboxylic acids is 1. The Balaban J connectivity index is 1.91. The molecule has 1 amide bonds. The van der Waals surface area contributed by atoms with Crippen molar-refractivity contribution >= 4 is 17.2 Å². The number of nitrogens with zero attached hydrogens (tertiary/aromatic N) is 1. The molecule has 4 nitrogen and oxygen atoms in total. The van der Waals surface area contributed by atoms with Crippen molar-refractivity contribution in [3.63, 3.8) is 0 Å². The summed E-state index contributed by atoms with van der Waals surface area (Å²) >= 11 is 1.33. The van der Waals surface area contributed by atoms with Crippen molar-refractivity contribution in [1.82, 2.24) is 10.3 Å². The molecular weight excluding hydrogens is 224 g/mol. The molecule has 2 rings (SSSR count). The van der Waals surface area contributed by atoms with Crippen molar-refractivity contribution in [3.8, 4) is 0 Å². The molecule has 1 heterocycles. The smallest absolute Gasteiger partial charge is 0.263 e. The standard InChI is InChI=1S/C11H16N2O2S/c1-8-9(16-7-13-8)10(14)12-6-11(15)4-2-3-5-11/h7,15H,2-6H2,1H3,(H,12,14). The molecule has 0 aliphatic heterocycles. The van der Waals surface area contributed by atoms with Gasteiger partial charge in [0.25, 0.3) is 5.91 Å². The van der Waals surface area contributed by atoms with Crippen LogP contribution in [0.4, 0.5) is 0 Å². The van der Waals surface area contributed by atoms with Crippen molar-refractivity contribution in [2.75, 3.05) is 6.54 Å². The number of nitrogens with one attached hydrogen (secondary N) is 1. The molecule has 1 aliphatic carbocycles. The zero-order chi connectivity index (χ0) is 11.6. The van der Waals surface area contributed by atoms with Gasteiger partial charge in [0.05, 0.1) is 16.8 Å². The van der Waals surface area contributed by atoms with Crippen LogP contribution in [0.15, 0.2) is 5.51 Å². The van der Waals surface area contributed by atoms with E-state index in [1.165, 1.54) is 11.3 Å². The van der Waals surface area contributed by atoms with Crippen LogP contribution in [0.3, 0.4) is 0 Å². The summed E-state index contributed by atoms with van der Waals surface area (Å²) in [6.07, 6.45) is 3.67. The summed E-state index contributed by atoms with van der Waals surface area (Å²) in [5.41, 5.74) is 1.73. The fraction of sp³-hybridized carbons (Fsp3) is 0.636. The van der Waals surface area contributed by atoms with E-state index in [0.717, 1.165) is 31.4 Å². The minimum Gasteiger partial charge on any atom is -0.388 e. The van der Waals surface area contributed by atoms with Crippen molar-refractivity contribution in [2.24, 2.45) is 0 Å². The van der Waals surface area contributed by atoms with E-state index < -0.39 is 5.60 Å². The van der Waals surface area contributed by atoms with Gasteiger partial charge < -0.3 is 10.4 Å². The van der Waals surface area contributed by atoms with Gasteiger partial charge in [-0.2, -0.15) is 0 Å². The Morgan fingerprint density at radius 3 is 2.88 bits per heavy atom. The summed E-state index contributed by atoms with van der Waals surface area (Å²) in [7, 11) is 0. The zero-order valence-electron chi connectivity index (χ0n) is 9.32. The van der Waals surface area contributed by atoms with E-state index in [1.807, 2.05) is 6.92 Å². The Hall–Kier alpha value is -0.940. The topological polar surface area (TPSA) is 62.2 Å². The summed E-state index contributed by atoms with van der Waals surface area (Å²) in [5, 5.41) is 12.9. The fourth-order valence-corrected chi connectivity index (χ4v) is 2.77. The fourth-order valence-electron chi connectivity index (χ4n) is 2.05. The molecule has 1 fully saturated rings. The first kappa shape index (κ1) is 11.5. The molecule has 1 aromatic rings. The number of aliphatic hydroxyl groups is 1. The van der Waals surface area contributed by atoms with Gasteiger partial charge in [-0.05, 0) is 19.8 Å². The number of aromatic nitrogens is 1. The summed E-state index contributed by atoms with van der Waals surface area (Å²) in [6.45, 7) is 2.17. The number of thiazole rings is 1. The lowest BCUT2D eigenvalue weighted by Gasteiger charge is -2.22. The van der Waals surface area contributed by atoms with Crippen LogP contribution in [0.1, 0.15) is 41.0 Å². The minimum atomic E-state index is -0.686. The van der Waals surface area contributed by atoms with E-state index in [2.05, 4.69) is 10.3 Å². The maximum Gasteiger partial charge on any atom is 0.263 e. The van der Waals surface area contributed by atoms with E-state index in [1.54, 1.807) is 5.51 Å². The van der Waals surface area contributed by atoms with Gasteiger partial charge in [0, 0.05) is 6.54 Å². The highest BCUT2D eigenvalue weighted by Crippen LogP contribution is 2.28. The Morgan fingerprint density at radius 1 is 1.62 bits per heavy atom. The average molecular weight is 240 g/mol. The first-order chi connectivity index (χ1) is 7.61. The lowest BCUT2D eigenvalue weighted by Crippen LogP contribution is -2.40. The predicted octanol–water partition coefficient (Wildman–Crippen LogP) is 1.49. The maximum atomic E-state index is 11.8. The van der Waals surface area contributed by atoms with Crippen LogP contribution < -0.4 is 5.32 Å². The van der Waals surface area contributed by atoms with E-state index in [9.17, 15) is 9.90 Å². The highest BCUT2D eigenvalue weighted by molar-refractivity contribution is 7.11. The van der Waals surface area contributed by atoms with Crippen molar-refractivity contribution in [3.05, 3.63) is 16.1 Å². The van der Waals surface area contributed by atoms with Crippen LogP contribution >= 0.6 is 11.3 Å². The second-order valence-corrected chi connectivity index (χ2v) is 5.24. The lowest BCUT2D eigenvalue weighted by molar-refractivity contribution is 0.0450. The number of hydrogen-bond acceptors (Lipinski definition) is 4. The summed E-state index contributed by atoms with van der Waals surface area (Å²) in [5.74, 6) is -0.125. The third kappa shape index (κ3) is 2.41. The summed E-state index contributed by atoms with van der Waals surface area (Å²) in [6, 6.07) is 0. The van der Waals surface area contributed by atoms with Gasteiger partial charge in [-0.25, -0.2) is 4.98 Å². The summed E-state index contributed by atoms with van der Waals surface area (Å²) < 4.78 is 0. The van der Waals surface area contributed by atoms with Gasteiger partial charge in [-0.15, -0.1) is 11.3 Å². The van der Waals surface area contributed by atoms with Gasteiger partial charge >= 0.3 is 0 Å². The Bertz CT molecular complexity index is 383. The summed E-state index contributed by atoms with van der Waals surface area (Å²) in [4.78, 5) is 16.4. The molecule has 0 radical (unpaired) electrons. The van der Waals surface area contributed by atoms with Gasteiger partial charge in [-0.1, -0.05) is 12.8 Å². The first-order valence-electron chi connectivity index (χ1n) is 5.51. The Kier molecular flexibility index (Phi) is 3.25. The first-order valence-corrected chi connectivity index (χ1v) is 6.39. The molecule has 2 N–H and O–H groups in total. The average Bonchev–Trinajstić information content (AvgIpc) is 2.85. The van der Waals surface area contributed by atoms with Crippen molar-refractivity contribution in [2.45, 2.75) is 38.2 Å². The number of rotatable bonds is 3. The minimum absolute atomic E-state index is 0.125. The molecule has 16 heavy (non-hydrogen) atoms. The Morgan fingerprint density at radius 2 is 2.31 bits per heavy atom. The van der Waals surface area contributed by atoms with E-state index in [-0.39, 0.29) is 5.91 Å². The molecule has 1 aromatic heterocycles. The normalized spacial score (nSPS) is 18.6. The van der Waals surface area contributed by atoms with Gasteiger partial charge in [-0.3, -0.25) is 4.79 Å². The second kappa shape index (κ2) is 4.51. The highest BCUT2D eigenvalue weighted by atomic mass is 32.1. The largest absolute Gasteiger partial charge is 0.388 e. The van der Waals surface area contributed by atoms with Gasteiger partial charge in [0.2, 0.25) is 0 Å². The van der Waals surface area contributed by atoms with E-state index in [4.69, 9.17) is 0 Å².